The molecule has 0 rings (SSSR count). The molecule has 0 bridgehead atoms. The van der Waals surface area contributed by atoms with Gasteiger partial charge in [-0.3, -0.25) is 8.92 Å². The van der Waals surface area contributed by atoms with Crippen LogP contribution in [0, 0.1) is 0 Å². The van der Waals surface area contributed by atoms with Gasteiger partial charge in [0.1, 0.15) is 0 Å². The second-order valence-corrected chi connectivity index (χ2v) is 0.250. The molecular weight excluding hydrogens is 239 g/mol. The summed E-state index contributed by atoms with van der Waals surface area (Å²) in [6.07, 6.45) is 0. The fourth-order valence-corrected chi connectivity index (χ4v) is 0. The summed E-state index contributed by atoms with van der Waals surface area (Å²) in [5.74, 6) is 0. The van der Waals surface area contributed by atoms with Gasteiger partial charge in [0, 0.05) is 25.8 Å². The summed E-state index contributed by atoms with van der Waals surface area (Å²) in [6, 6.07) is 0. The van der Waals surface area contributed by atoms with E-state index in [1.165, 1.54) is 0 Å². The quantitative estimate of drug-likeness (QED) is 0.527. The minimum absolute atomic E-state index is 0. The molecule has 0 spiro atoms. The summed E-state index contributed by atoms with van der Waals surface area (Å²) in [6.45, 7) is 0. The Morgan fingerprint density at radius 2 is 1.25 bits per heavy atom. The van der Waals surface area contributed by atoms with Crippen LogP contribution in [0.5, 0.6) is 0 Å². The van der Waals surface area contributed by atoms with Crippen molar-refractivity contribution >= 4 is 9.29 Å². The number of hydrogen-bond donors (Lipinski definition) is 0. The summed E-state index contributed by atoms with van der Waals surface area (Å²) in [7, 11) is -1.42. The fraction of sp³-hybridized carbons (Fsp3) is 0. The molecule has 0 radical (unpaired) electrons. The minimum Gasteiger partial charge on any atom is -0.274 e. The molecule has 0 amide bonds. The molecule has 0 aliphatic rings. The van der Waals surface area contributed by atoms with Crippen LogP contribution in [0.1, 0.15) is 0 Å². The van der Waals surface area contributed by atoms with Crippen LogP contribution in [-0.2, 0) is 34.8 Å². The van der Waals surface area contributed by atoms with Gasteiger partial charge in [0.2, 0.25) is 0 Å². The van der Waals surface area contributed by atoms with E-state index in [2.05, 4.69) is 0 Å². The third-order valence-electron chi connectivity index (χ3n) is 0. The molecule has 0 aromatic heterocycles. The van der Waals surface area contributed by atoms with Gasteiger partial charge >= 0.3 is 9.29 Å². The van der Waals surface area contributed by atoms with Gasteiger partial charge in [-0.05, 0) is 0 Å². The van der Waals surface area contributed by atoms with E-state index in [9.17, 15) is 0 Å². The van der Waals surface area contributed by atoms with E-state index >= 15 is 0 Å². The molecule has 4 heavy (non-hydrogen) atoms. The largest absolute Gasteiger partial charge is 0.549 e. The van der Waals surface area contributed by atoms with E-state index in [0.29, 0.717) is 0 Å². The Hall–Kier alpha value is 0.687. The first-order valence-corrected chi connectivity index (χ1v) is 1.22. The van der Waals surface area contributed by atoms with Gasteiger partial charge in [0.15, 0.2) is 0 Å². The van der Waals surface area contributed by atoms with Crippen LogP contribution in [0.3, 0.4) is 0 Å². The Labute approximate surface area is 44.3 Å². The first-order chi connectivity index (χ1) is 1.41. The van der Waals surface area contributed by atoms with Crippen LogP contribution in [-0.4, -0.2) is 9.29 Å². The van der Waals surface area contributed by atoms with E-state index in [0.717, 1.165) is 0 Å². The Kier molecular flexibility index (Phi) is 20.6. The van der Waals surface area contributed by atoms with E-state index in [-0.39, 0.29) is 25.8 Å². The molecule has 4 heteroatoms. The molecule has 0 aromatic rings. The van der Waals surface area contributed by atoms with Gasteiger partial charge in [-0.15, -0.1) is 0 Å². The number of rotatable bonds is 0. The Morgan fingerprint density at radius 1 is 1.25 bits per heavy atom. The molecular formula is HfO2Si. The van der Waals surface area contributed by atoms with Crippen LogP contribution in [0.25, 0.3) is 0 Å². The molecule has 0 unspecified atom stereocenters. The Bertz CT molecular complexity index is 27.0. The SMILES string of the molecule is O=[Si]=O.[Hf]. The average Bonchev–Trinajstić information content (AvgIpc) is 0.918. The molecule has 2 nitrogen and oxygen atoms in total. The molecule has 0 N–H and O–H groups in total. The zero-order valence-electron chi connectivity index (χ0n) is 1.82. The molecule has 20 valence electrons. The normalized spacial score (nSPS) is 2.00. The summed E-state index contributed by atoms with van der Waals surface area (Å²) >= 11 is 0. The van der Waals surface area contributed by atoms with Crippen molar-refractivity contribution in [1.82, 2.24) is 0 Å². The molecule has 0 heterocycles. The molecule has 0 aromatic carbocycles. The van der Waals surface area contributed by atoms with Gasteiger partial charge in [-0.2, -0.15) is 0 Å². The third-order valence-corrected chi connectivity index (χ3v) is 0. The minimum atomic E-state index is -1.42. The predicted octanol–water partition coefficient (Wildman–Crippen LogP) is -0.621. The van der Waals surface area contributed by atoms with Crippen molar-refractivity contribution in [1.29, 1.82) is 0 Å². The molecule has 0 aliphatic carbocycles. The molecule has 0 saturated heterocycles. The zero-order valence-corrected chi connectivity index (χ0v) is 6.41. The third kappa shape index (κ3) is 16.2. The van der Waals surface area contributed by atoms with Crippen LogP contribution in [0.15, 0.2) is 0 Å². The second-order valence-electron chi connectivity index (χ2n) is 0.0833. The Morgan fingerprint density at radius 3 is 1.25 bits per heavy atom. The topological polar surface area (TPSA) is 34.1 Å². The maximum Gasteiger partial charge on any atom is 0.549 e. The first-order valence-electron chi connectivity index (χ1n) is 0.408. The molecule has 0 aliphatic heterocycles. The number of hydrogen-bond acceptors (Lipinski definition) is 2. The maximum absolute atomic E-state index is 8.40. The van der Waals surface area contributed by atoms with E-state index in [1.807, 2.05) is 0 Å². The predicted molar refractivity (Wildman–Crippen MR) is 7.13 cm³/mol. The summed E-state index contributed by atoms with van der Waals surface area (Å²) in [4.78, 5) is 0. The smallest absolute Gasteiger partial charge is 0.274 e. The van der Waals surface area contributed by atoms with E-state index < -0.39 is 9.29 Å². The van der Waals surface area contributed by atoms with Crippen molar-refractivity contribution in [3.05, 3.63) is 0 Å². The van der Waals surface area contributed by atoms with Gasteiger partial charge < -0.3 is 0 Å². The van der Waals surface area contributed by atoms with Crippen LogP contribution >= 0.6 is 0 Å². The van der Waals surface area contributed by atoms with Crippen molar-refractivity contribution in [3.8, 4) is 0 Å². The molecule has 0 saturated carbocycles. The second kappa shape index (κ2) is 9.35. The monoisotopic (exact) mass is 240 g/mol. The van der Waals surface area contributed by atoms with Crippen molar-refractivity contribution in [3.63, 3.8) is 0 Å². The van der Waals surface area contributed by atoms with Gasteiger partial charge in [-0.25, -0.2) is 0 Å². The Balaban J connectivity index is 0. The van der Waals surface area contributed by atoms with Gasteiger partial charge in [0.05, 0.1) is 0 Å². The van der Waals surface area contributed by atoms with Crippen molar-refractivity contribution in [2.24, 2.45) is 0 Å². The maximum atomic E-state index is 8.40. The summed E-state index contributed by atoms with van der Waals surface area (Å²) in [5, 5.41) is 0. The fourth-order valence-electron chi connectivity index (χ4n) is 0. The molecule has 0 fully saturated rings. The summed E-state index contributed by atoms with van der Waals surface area (Å²) in [5.41, 5.74) is 0. The first kappa shape index (κ1) is 8.82. The van der Waals surface area contributed by atoms with Crippen molar-refractivity contribution in [2.45, 2.75) is 0 Å². The standard InChI is InChI=1S/Hf.O2Si/c;1-3-2. The van der Waals surface area contributed by atoms with Crippen molar-refractivity contribution < 1.29 is 34.8 Å². The van der Waals surface area contributed by atoms with E-state index in [1.54, 1.807) is 0 Å². The van der Waals surface area contributed by atoms with Crippen LogP contribution in [0.2, 0.25) is 0 Å². The molecule has 0 atom stereocenters. The summed E-state index contributed by atoms with van der Waals surface area (Å²) < 4.78 is 16.8. The van der Waals surface area contributed by atoms with Gasteiger partial charge in [0.25, 0.3) is 0 Å². The van der Waals surface area contributed by atoms with E-state index in [4.69, 9.17) is 8.92 Å². The van der Waals surface area contributed by atoms with Crippen LogP contribution < -0.4 is 0 Å². The van der Waals surface area contributed by atoms with Gasteiger partial charge in [-0.1, -0.05) is 0 Å². The zero-order chi connectivity index (χ0) is 2.71. The van der Waals surface area contributed by atoms with Crippen LogP contribution in [0.4, 0.5) is 0 Å². The van der Waals surface area contributed by atoms with Crippen molar-refractivity contribution in [2.75, 3.05) is 0 Å². The average molecular weight is 239 g/mol.